The average Bonchev–Trinajstić information content (AvgIpc) is 2.77. The van der Waals surface area contributed by atoms with Gasteiger partial charge < -0.3 is 15.7 Å². The van der Waals surface area contributed by atoms with Crippen LogP contribution in [0.4, 0.5) is 5.69 Å². The number of nitro groups is 1. The van der Waals surface area contributed by atoms with Gasteiger partial charge in [-0.2, -0.15) is 5.10 Å². The van der Waals surface area contributed by atoms with Gasteiger partial charge in [0.25, 0.3) is 0 Å². The molecule has 1 heterocycles. The molecule has 1 unspecified atom stereocenters. The summed E-state index contributed by atoms with van der Waals surface area (Å²) < 4.78 is 1.28. The van der Waals surface area contributed by atoms with E-state index in [0.29, 0.717) is 0 Å². The van der Waals surface area contributed by atoms with Gasteiger partial charge >= 0.3 is 5.69 Å². The number of amides is 1. The minimum atomic E-state index is -0.783. The van der Waals surface area contributed by atoms with Gasteiger partial charge in [-0.1, -0.05) is 0 Å². The van der Waals surface area contributed by atoms with E-state index < -0.39 is 11.0 Å². The Morgan fingerprint density at radius 3 is 3.00 bits per heavy atom. The Hall–Kier alpha value is -2.00. The topological polar surface area (TPSA) is 122 Å². The fourth-order valence-corrected chi connectivity index (χ4v) is 1.27. The average molecular weight is 257 g/mol. The van der Waals surface area contributed by atoms with E-state index >= 15 is 0 Å². The molecule has 1 rings (SSSR count). The third-order valence-electron chi connectivity index (χ3n) is 2.17. The summed E-state index contributed by atoms with van der Waals surface area (Å²) in [7, 11) is 1.52. The lowest BCUT2D eigenvalue weighted by molar-refractivity contribution is -0.385. The maximum absolute atomic E-state index is 10.9. The number of carbonyl (C=O) groups is 1. The molecule has 0 aliphatic heterocycles. The lowest BCUT2D eigenvalue weighted by atomic mass is 10.3. The highest BCUT2D eigenvalue weighted by atomic mass is 16.6. The molecule has 0 radical (unpaired) electrons. The Bertz CT molecular complexity index is 419. The monoisotopic (exact) mass is 257 g/mol. The molecule has 1 aromatic heterocycles. The lowest BCUT2D eigenvalue weighted by Gasteiger charge is -2.11. The zero-order valence-corrected chi connectivity index (χ0v) is 9.87. The van der Waals surface area contributed by atoms with E-state index in [2.05, 4.69) is 15.7 Å². The molecule has 0 aliphatic carbocycles. The Labute approximate surface area is 103 Å². The van der Waals surface area contributed by atoms with Gasteiger partial charge in [-0.05, 0) is 0 Å². The largest absolute Gasteiger partial charge is 0.390 e. The molecule has 0 bridgehead atoms. The van der Waals surface area contributed by atoms with E-state index in [4.69, 9.17) is 0 Å². The second-order valence-corrected chi connectivity index (χ2v) is 3.64. The van der Waals surface area contributed by atoms with E-state index in [-0.39, 0.29) is 31.2 Å². The van der Waals surface area contributed by atoms with Crippen LogP contribution in [0.5, 0.6) is 0 Å². The summed E-state index contributed by atoms with van der Waals surface area (Å²) in [4.78, 5) is 20.7. The molecule has 0 saturated heterocycles. The molecule has 0 aromatic carbocycles. The van der Waals surface area contributed by atoms with Crippen LogP contribution < -0.4 is 10.6 Å². The molecule has 100 valence electrons. The Morgan fingerprint density at radius 1 is 1.72 bits per heavy atom. The zero-order valence-electron chi connectivity index (χ0n) is 9.87. The first-order chi connectivity index (χ1) is 8.52. The Balaban J connectivity index is 2.32. The van der Waals surface area contributed by atoms with Crippen LogP contribution in [-0.2, 0) is 11.3 Å². The number of hydrogen-bond donors (Lipinski definition) is 3. The quantitative estimate of drug-likeness (QED) is 0.403. The van der Waals surface area contributed by atoms with Crippen LogP contribution in [0.2, 0.25) is 0 Å². The van der Waals surface area contributed by atoms with Crippen molar-refractivity contribution in [1.82, 2.24) is 20.4 Å². The second-order valence-electron chi connectivity index (χ2n) is 3.64. The van der Waals surface area contributed by atoms with Gasteiger partial charge in [0.15, 0.2) is 0 Å². The normalized spacial score (nSPS) is 12.1. The molecule has 1 aromatic rings. The Kier molecular flexibility index (Phi) is 5.21. The van der Waals surface area contributed by atoms with Crippen molar-refractivity contribution in [2.75, 3.05) is 20.1 Å². The predicted octanol–water partition coefficient (Wildman–Crippen LogP) is -1.51. The summed E-state index contributed by atoms with van der Waals surface area (Å²) in [6, 6.07) is 0. The number of aromatic nitrogens is 2. The van der Waals surface area contributed by atoms with E-state index in [1.165, 1.54) is 17.9 Å². The van der Waals surface area contributed by atoms with Gasteiger partial charge in [0.05, 0.1) is 24.1 Å². The Morgan fingerprint density at radius 2 is 2.44 bits per heavy atom. The fourth-order valence-electron chi connectivity index (χ4n) is 1.27. The van der Waals surface area contributed by atoms with Crippen molar-refractivity contribution in [3.8, 4) is 0 Å². The van der Waals surface area contributed by atoms with Crippen molar-refractivity contribution < 1.29 is 14.8 Å². The van der Waals surface area contributed by atoms with Crippen molar-refractivity contribution in [3.63, 3.8) is 0 Å². The maximum atomic E-state index is 10.9. The molecule has 9 nitrogen and oxygen atoms in total. The van der Waals surface area contributed by atoms with E-state index in [1.807, 2.05) is 0 Å². The first-order valence-electron chi connectivity index (χ1n) is 5.29. The van der Waals surface area contributed by atoms with Crippen LogP contribution in [0.15, 0.2) is 12.4 Å². The van der Waals surface area contributed by atoms with Gasteiger partial charge in [-0.15, -0.1) is 0 Å². The number of aliphatic hydroxyl groups excluding tert-OH is 1. The third-order valence-corrected chi connectivity index (χ3v) is 2.17. The minimum Gasteiger partial charge on any atom is -0.390 e. The molecule has 0 spiro atoms. The van der Waals surface area contributed by atoms with Crippen LogP contribution in [0.3, 0.4) is 0 Å². The second kappa shape index (κ2) is 6.67. The fraction of sp³-hybridized carbons (Fsp3) is 0.556. The smallest absolute Gasteiger partial charge is 0.306 e. The van der Waals surface area contributed by atoms with Crippen molar-refractivity contribution in [3.05, 3.63) is 22.5 Å². The molecule has 0 fully saturated rings. The minimum absolute atomic E-state index is 0.104. The van der Waals surface area contributed by atoms with Crippen LogP contribution in [0.25, 0.3) is 0 Å². The molecule has 1 atom stereocenters. The first-order valence-corrected chi connectivity index (χ1v) is 5.29. The molecule has 18 heavy (non-hydrogen) atoms. The third kappa shape index (κ3) is 4.47. The number of nitrogens with one attached hydrogen (secondary N) is 2. The van der Waals surface area contributed by atoms with Gasteiger partial charge in [0.2, 0.25) is 5.91 Å². The van der Waals surface area contributed by atoms with E-state index in [0.717, 1.165) is 6.20 Å². The molecular weight excluding hydrogens is 242 g/mol. The van der Waals surface area contributed by atoms with Crippen LogP contribution in [-0.4, -0.2) is 52.0 Å². The number of rotatable bonds is 7. The van der Waals surface area contributed by atoms with E-state index in [1.54, 1.807) is 0 Å². The number of hydrogen-bond acceptors (Lipinski definition) is 6. The van der Waals surface area contributed by atoms with Gasteiger partial charge in [0, 0.05) is 13.6 Å². The summed E-state index contributed by atoms with van der Waals surface area (Å²) in [5, 5.41) is 28.9. The van der Waals surface area contributed by atoms with Crippen molar-refractivity contribution in [1.29, 1.82) is 0 Å². The summed E-state index contributed by atoms with van der Waals surface area (Å²) in [6.07, 6.45) is 1.57. The van der Waals surface area contributed by atoms with E-state index in [9.17, 15) is 20.0 Å². The number of nitrogens with zero attached hydrogens (tertiary/aromatic N) is 3. The molecule has 1 amide bonds. The number of carbonyl (C=O) groups excluding carboxylic acids is 1. The highest BCUT2D eigenvalue weighted by Crippen LogP contribution is 2.07. The maximum Gasteiger partial charge on any atom is 0.306 e. The molecule has 0 saturated carbocycles. The van der Waals surface area contributed by atoms with Crippen LogP contribution in [0.1, 0.15) is 0 Å². The summed E-state index contributed by atoms with van der Waals surface area (Å²) >= 11 is 0. The summed E-state index contributed by atoms with van der Waals surface area (Å²) in [5.41, 5.74) is -0.125. The number of likely N-dealkylation sites (N-methyl/N-ethyl adjacent to an activating group) is 1. The lowest BCUT2D eigenvalue weighted by Crippen LogP contribution is -2.37. The van der Waals surface area contributed by atoms with Crippen molar-refractivity contribution >= 4 is 11.6 Å². The van der Waals surface area contributed by atoms with Gasteiger partial charge in [0.1, 0.15) is 12.4 Å². The van der Waals surface area contributed by atoms with Crippen LogP contribution >= 0.6 is 0 Å². The molecule has 0 aliphatic rings. The molecular formula is C9H15N5O4. The molecule has 3 N–H and O–H groups in total. The SMILES string of the molecule is CNC(=O)CNCC(O)Cn1cc([N+](=O)[O-])cn1. The predicted molar refractivity (Wildman–Crippen MR) is 61.8 cm³/mol. The highest BCUT2D eigenvalue weighted by Gasteiger charge is 2.11. The highest BCUT2D eigenvalue weighted by molar-refractivity contribution is 5.77. The molecule has 9 heteroatoms. The van der Waals surface area contributed by atoms with Crippen molar-refractivity contribution in [2.24, 2.45) is 0 Å². The summed E-state index contributed by atoms with van der Waals surface area (Å²) in [5.74, 6) is -0.183. The van der Waals surface area contributed by atoms with Crippen LogP contribution in [0, 0.1) is 10.1 Å². The zero-order chi connectivity index (χ0) is 13.5. The van der Waals surface area contributed by atoms with Crippen molar-refractivity contribution in [2.45, 2.75) is 12.6 Å². The summed E-state index contributed by atoms with van der Waals surface area (Å²) in [6.45, 7) is 0.419. The first kappa shape index (κ1) is 14.1. The van der Waals surface area contributed by atoms with Gasteiger partial charge in [-0.25, -0.2) is 0 Å². The number of aliphatic hydroxyl groups is 1. The standard InChI is InChI=1S/C9H15N5O4/c1-10-9(16)4-11-3-8(15)6-13-5-7(2-12-13)14(17)18/h2,5,8,11,15H,3-4,6H2,1H3,(H,10,16). The van der Waals surface area contributed by atoms with Gasteiger partial charge in [-0.3, -0.25) is 19.6 Å².